The molecule has 0 amide bonds. The molecule has 0 saturated heterocycles. The number of phenols is 1. The summed E-state index contributed by atoms with van der Waals surface area (Å²) in [4.78, 5) is 39.3. The number of ether oxygens (including phenoxy) is 2. The van der Waals surface area contributed by atoms with E-state index in [0.717, 1.165) is 31.2 Å². The summed E-state index contributed by atoms with van der Waals surface area (Å²) in [5, 5.41) is 10.4. The van der Waals surface area contributed by atoms with Crippen LogP contribution in [-0.2, 0) is 23.9 Å². The van der Waals surface area contributed by atoms with E-state index in [2.05, 4.69) is 6.92 Å². The van der Waals surface area contributed by atoms with Crippen molar-refractivity contribution < 1.29 is 29.0 Å². The third-order valence-corrected chi connectivity index (χ3v) is 6.84. The SMILES string of the molecule is CCCCCC[C@@H](C)C(=O)C1=C2C3=COC(c4c(C)cccc4O)=CC3=CC(=O)[C@]2(C)OC1=O. The minimum Gasteiger partial charge on any atom is -0.507 e. The highest BCUT2D eigenvalue weighted by molar-refractivity contribution is 6.25. The zero-order valence-corrected chi connectivity index (χ0v) is 20.1. The van der Waals surface area contributed by atoms with E-state index >= 15 is 0 Å². The van der Waals surface area contributed by atoms with Crippen LogP contribution in [0.25, 0.3) is 5.76 Å². The molecule has 1 aromatic carbocycles. The molecule has 34 heavy (non-hydrogen) atoms. The van der Waals surface area contributed by atoms with Crippen molar-refractivity contribution in [3.05, 3.63) is 70.0 Å². The monoisotopic (exact) mass is 462 g/mol. The molecule has 6 nitrogen and oxygen atoms in total. The largest absolute Gasteiger partial charge is 0.507 e. The van der Waals surface area contributed by atoms with Gasteiger partial charge in [0.25, 0.3) is 0 Å². The Bertz CT molecular complexity index is 1170. The maximum atomic E-state index is 13.4. The Kier molecular flexibility index (Phi) is 6.34. The lowest BCUT2D eigenvalue weighted by atomic mass is 9.74. The molecule has 2 aliphatic heterocycles. The van der Waals surface area contributed by atoms with Crippen LogP contribution in [0.5, 0.6) is 5.75 Å². The van der Waals surface area contributed by atoms with Crippen LogP contribution < -0.4 is 0 Å². The molecule has 6 heteroatoms. The normalized spacial score (nSPS) is 22.2. The van der Waals surface area contributed by atoms with Crippen molar-refractivity contribution in [1.82, 2.24) is 0 Å². The van der Waals surface area contributed by atoms with Gasteiger partial charge in [-0.1, -0.05) is 51.7 Å². The molecular formula is C28H30O6. The summed E-state index contributed by atoms with van der Waals surface area (Å²) in [6, 6.07) is 5.15. The zero-order chi connectivity index (χ0) is 24.6. The van der Waals surface area contributed by atoms with Crippen molar-refractivity contribution in [3.63, 3.8) is 0 Å². The molecule has 0 unspecified atom stereocenters. The molecule has 178 valence electrons. The van der Waals surface area contributed by atoms with Gasteiger partial charge in [0.05, 0.1) is 11.8 Å². The minimum absolute atomic E-state index is 0.0574. The molecule has 4 rings (SSSR count). The van der Waals surface area contributed by atoms with Crippen LogP contribution in [0.3, 0.4) is 0 Å². The maximum Gasteiger partial charge on any atom is 0.343 e. The van der Waals surface area contributed by atoms with Gasteiger partial charge >= 0.3 is 5.97 Å². The van der Waals surface area contributed by atoms with Crippen LogP contribution in [0, 0.1) is 12.8 Å². The standard InChI is InChI=1S/C28H30O6/c1-5-6-7-8-10-17(3)26(31)24-25-19-15-33-21(23-16(2)11-9-12-20(23)29)13-18(19)14-22(30)28(25,4)34-27(24)32/h9,11-15,17,29H,5-8,10H2,1-4H3/t17-,28+/m1/s1. The molecule has 1 N–H and O–H groups in total. The second-order valence-electron chi connectivity index (χ2n) is 9.38. The second-order valence-corrected chi connectivity index (χ2v) is 9.38. The van der Waals surface area contributed by atoms with Crippen molar-refractivity contribution in [2.24, 2.45) is 5.92 Å². The first kappa shape index (κ1) is 23.7. The fourth-order valence-corrected chi connectivity index (χ4v) is 4.82. The molecule has 1 aromatic rings. The van der Waals surface area contributed by atoms with Crippen LogP contribution in [0.2, 0.25) is 0 Å². The Morgan fingerprint density at radius 1 is 1.15 bits per heavy atom. The second kappa shape index (κ2) is 9.09. The lowest BCUT2D eigenvalue weighted by Crippen LogP contribution is -2.40. The minimum atomic E-state index is -1.56. The van der Waals surface area contributed by atoms with Crippen molar-refractivity contribution in [3.8, 4) is 5.75 Å². The summed E-state index contributed by atoms with van der Waals surface area (Å²) in [5.41, 5.74) is 0.974. The number of rotatable bonds is 8. The topological polar surface area (TPSA) is 89.9 Å². The summed E-state index contributed by atoms with van der Waals surface area (Å²) in [6.45, 7) is 7.31. The average molecular weight is 463 g/mol. The Morgan fingerprint density at radius 2 is 1.91 bits per heavy atom. The van der Waals surface area contributed by atoms with Crippen LogP contribution in [0.15, 0.2) is 58.9 Å². The summed E-state index contributed by atoms with van der Waals surface area (Å²) in [5.74, 6) is -1.40. The number of phenolic OH excluding ortho intramolecular Hbond substituents is 1. The summed E-state index contributed by atoms with van der Waals surface area (Å²) < 4.78 is 11.4. The fourth-order valence-electron chi connectivity index (χ4n) is 4.82. The molecular weight excluding hydrogens is 432 g/mol. The number of hydrogen-bond acceptors (Lipinski definition) is 6. The lowest BCUT2D eigenvalue weighted by Gasteiger charge is -2.31. The molecule has 1 aliphatic carbocycles. The Morgan fingerprint density at radius 3 is 2.62 bits per heavy atom. The van der Waals surface area contributed by atoms with Gasteiger partial charge in [-0.05, 0) is 49.6 Å². The van der Waals surface area contributed by atoms with E-state index < -0.39 is 17.4 Å². The van der Waals surface area contributed by atoms with Crippen LogP contribution >= 0.6 is 0 Å². The van der Waals surface area contributed by atoms with Gasteiger partial charge in [-0.25, -0.2) is 4.79 Å². The highest BCUT2D eigenvalue weighted by Crippen LogP contribution is 2.48. The van der Waals surface area contributed by atoms with Gasteiger partial charge in [-0.15, -0.1) is 0 Å². The van der Waals surface area contributed by atoms with Crippen LogP contribution in [0.1, 0.15) is 64.0 Å². The number of benzene rings is 1. The summed E-state index contributed by atoms with van der Waals surface area (Å²) in [6.07, 6.45) is 9.31. The lowest BCUT2D eigenvalue weighted by molar-refractivity contribution is -0.153. The van der Waals surface area contributed by atoms with E-state index in [1.54, 1.807) is 18.2 Å². The molecule has 0 saturated carbocycles. The van der Waals surface area contributed by atoms with Gasteiger partial charge in [0.1, 0.15) is 17.1 Å². The smallest absolute Gasteiger partial charge is 0.343 e. The number of allylic oxidation sites excluding steroid dienone is 2. The predicted molar refractivity (Wildman–Crippen MR) is 128 cm³/mol. The first-order chi connectivity index (χ1) is 16.2. The zero-order valence-electron chi connectivity index (χ0n) is 20.1. The number of aryl methyl sites for hydroxylation is 1. The third-order valence-electron chi connectivity index (χ3n) is 6.84. The van der Waals surface area contributed by atoms with Gasteiger partial charge in [0, 0.05) is 17.1 Å². The number of fused-ring (bicyclic) bond motifs is 3. The van der Waals surface area contributed by atoms with Gasteiger partial charge in [-0.3, -0.25) is 9.59 Å². The number of aromatic hydroxyl groups is 1. The average Bonchev–Trinajstić information content (AvgIpc) is 3.07. The molecule has 2 heterocycles. The van der Waals surface area contributed by atoms with Gasteiger partial charge < -0.3 is 14.6 Å². The first-order valence-corrected chi connectivity index (χ1v) is 11.9. The number of hydrogen-bond donors (Lipinski definition) is 1. The van der Waals surface area contributed by atoms with Crippen LogP contribution in [-0.4, -0.2) is 28.2 Å². The van der Waals surface area contributed by atoms with E-state index in [0.29, 0.717) is 28.9 Å². The highest BCUT2D eigenvalue weighted by Gasteiger charge is 2.55. The molecule has 3 aliphatic rings. The van der Waals surface area contributed by atoms with Gasteiger partial charge in [0.15, 0.2) is 11.4 Å². The van der Waals surface area contributed by atoms with Crippen molar-refractivity contribution in [2.75, 3.05) is 0 Å². The summed E-state index contributed by atoms with van der Waals surface area (Å²) in [7, 11) is 0. The predicted octanol–water partition coefficient (Wildman–Crippen LogP) is 5.25. The summed E-state index contributed by atoms with van der Waals surface area (Å²) >= 11 is 0. The van der Waals surface area contributed by atoms with Crippen molar-refractivity contribution in [1.29, 1.82) is 0 Å². The number of ketones is 2. The quantitative estimate of drug-likeness (QED) is 0.322. The number of Topliss-reactive ketones (excluding diaryl/α,β-unsaturated/α-hetero) is 1. The molecule has 0 radical (unpaired) electrons. The molecule has 2 atom stereocenters. The molecule has 0 fully saturated rings. The molecule has 0 aromatic heterocycles. The van der Waals surface area contributed by atoms with Gasteiger partial charge in [-0.2, -0.15) is 0 Å². The van der Waals surface area contributed by atoms with E-state index in [9.17, 15) is 19.5 Å². The molecule has 0 spiro atoms. The number of carbonyl (C=O) groups excluding carboxylic acids is 3. The number of esters is 1. The molecule has 0 bridgehead atoms. The number of carbonyl (C=O) groups is 3. The fraction of sp³-hybridized carbons (Fsp3) is 0.393. The Hall–Kier alpha value is -3.41. The van der Waals surface area contributed by atoms with E-state index in [4.69, 9.17) is 9.47 Å². The van der Waals surface area contributed by atoms with Crippen molar-refractivity contribution in [2.45, 2.75) is 65.4 Å². The maximum absolute atomic E-state index is 13.4. The third kappa shape index (κ3) is 3.91. The highest BCUT2D eigenvalue weighted by atomic mass is 16.6. The van der Waals surface area contributed by atoms with Crippen molar-refractivity contribution >= 4 is 23.3 Å². The van der Waals surface area contributed by atoms with Crippen LogP contribution in [0.4, 0.5) is 0 Å². The van der Waals surface area contributed by atoms with E-state index in [1.807, 2.05) is 19.9 Å². The Labute approximate surface area is 199 Å². The van der Waals surface area contributed by atoms with E-state index in [1.165, 1.54) is 19.3 Å². The van der Waals surface area contributed by atoms with E-state index in [-0.39, 0.29) is 28.6 Å². The first-order valence-electron chi connectivity index (χ1n) is 11.9. The Balaban J connectivity index is 1.73. The van der Waals surface area contributed by atoms with Gasteiger partial charge in [0.2, 0.25) is 5.78 Å². The number of unbranched alkanes of at least 4 members (excludes halogenated alkanes) is 3.